The molecule has 0 saturated carbocycles. The van der Waals surface area contributed by atoms with Crippen molar-refractivity contribution in [3.05, 3.63) is 18.9 Å². The van der Waals surface area contributed by atoms with E-state index in [1.165, 1.54) is 6.33 Å². The molecule has 3 heterocycles. The van der Waals surface area contributed by atoms with E-state index in [-0.39, 0.29) is 18.0 Å². The van der Waals surface area contributed by atoms with Crippen LogP contribution in [0.3, 0.4) is 0 Å². The van der Waals surface area contributed by atoms with E-state index in [1.807, 2.05) is 6.92 Å². The predicted octanol–water partition coefficient (Wildman–Crippen LogP) is 0.199. The average Bonchev–Trinajstić information content (AvgIpc) is 3.02. The first kappa shape index (κ1) is 13.7. The number of rotatable bonds is 4. The van der Waals surface area contributed by atoms with E-state index >= 15 is 0 Å². The maximum atomic E-state index is 10.5. The number of hydrogen-bond acceptors (Lipinski definition) is 7. The van der Waals surface area contributed by atoms with Crippen molar-refractivity contribution in [2.24, 2.45) is 0 Å². The number of thioether (sulfide) groups is 1. The van der Waals surface area contributed by atoms with Crippen molar-refractivity contribution in [3.63, 3.8) is 0 Å². The van der Waals surface area contributed by atoms with Gasteiger partial charge >= 0.3 is 0 Å². The fourth-order valence-corrected chi connectivity index (χ4v) is 3.55. The standard InChI is InChI=1S/C12H16N4O3S/c1-2-20-10-8(4-17)19-12(9(10)18)16-6-15-7-3-13-5-14-11(7)16/h3,5-6,8-10,12,17-18H,2,4H2,1H3/t8-,9-,10-,12+/m1/s1. The van der Waals surface area contributed by atoms with Gasteiger partial charge in [0.05, 0.1) is 30.5 Å². The molecule has 0 aromatic carbocycles. The van der Waals surface area contributed by atoms with Gasteiger partial charge in [0.15, 0.2) is 11.9 Å². The second-order valence-corrected chi connectivity index (χ2v) is 6.00. The quantitative estimate of drug-likeness (QED) is 0.832. The molecular weight excluding hydrogens is 280 g/mol. The Morgan fingerprint density at radius 2 is 2.30 bits per heavy atom. The third-order valence-electron chi connectivity index (χ3n) is 3.36. The van der Waals surface area contributed by atoms with Gasteiger partial charge in [-0.05, 0) is 5.75 Å². The summed E-state index contributed by atoms with van der Waals surface area (Å²) in [7, 11) is 0. The second kappa shape index (κ2) is 5.65. The molecule has 1 aliphatic rings. The number of aliphatic hydroxyl groups is 2. The molecule has 7 nitrogen and oxygen atoms in total. The Labute approximate surface area is 120 Å². The third-order valence-corrected chi connectivity index (χ3v) is 4.66. The molecule has 0 unspecified atom stereocenters. The van der Waals surface area contributed by atoms with Gasteiger partial charge in [-0.15, -0.1) is 0 Å². The van der Waals surface area contributed by atoms with Gasteiger partial charge in [0.2, 0.25) is 0 Å². The topological polar surface area (TPSA) is 93.3 Å². The number of nitrogens with zero attached hydrogens (tertiary/aromatic N) is 4. The molecule has 1 saturated heterocycles. The highest BCUT2D eigenvalue weighted by Crippen LogP contribution is 2.37. The summed E-state index contributed by atoms with van der Waals surface area (Å²) in [6, 6.07) is 0. The van der Waals surface area contributed by atoms with Crippen LogP contribution in [0.4, 0.5) is 0 Å². The van der Waals surface area contributed by atoms with E-state index in [0.717, 1.165) is 5.75 Å². The molecule has 1 aliphatic heterocycles. The molecule has 1 fully saturated rings. The summed E-state index contributed by atoms with van der Waals surface area (Å²) in [6.45, 7) is 1.89. The van der Waals surface area contributed by atoms with Crippen LogP contribution >= 0.6 is 11.8 Å². The first-order valence-corrected chi connectivity index (χ1v) is 7.49. The van der Waals surface area contributed by atoms with Gasteiger partial charge in [0.25, 0.3) is 0 Å². The van der Waals surface area contributed by atoms with Crippen molar-refractivity contribution in [1.29, 1.82) is 0 Å². The summed E-state index contributed by atoms with van der Waals surface area (Å²) < 4.78 is 7.48. The predicted molar refractivity (Wildman–Crippen MR) is 74.2 cm³/mol. The number of imidazole rings is 1. The van der Waals surface area contributed by atoms with Gasteiger partial charge in [-0.2, -0.15) is 11.8 Å². The van der Waals surface area contributed by atoms with Gasteiger partial charge in [0, 0.05) is 0 Å². The molecular formula is C12H16N4O3S. The number of ether oxygens (including phenoxy) is 1. The van der Waals surface area contributed by atoms with Crippen molar-refractivity contribution in [2.45, 2.75) is 30.6 Å². The van der Waals surface area contributed by atoms with Gasteiger partial charge < -0.3 is 14.9 Å². The van der Waals surface area contributed by atoms with Gasteiger partial charge in [-0.25, -0.2) is 15.0 Å². The molecule has 0 spiro atoms. The zero-order valence-electron chi connectivity index (χ0n) is 11.0. The van der Waals surface area contributed by atoms with Crippen LogP contribution < -0.4 is 0 Å². The molecule has 0 bridgehead atoms. The van der Waals surface area contributed by atoms with Crippen LogP contribution in [-0.4, -0.2) is 59.5 Å². The fraction of sp³-hybridized carbons (Fsp3) is 0.583. The lowest BCUT2D eigenvalue weighted by atomic mass is 10.2. The van der Waals surface area contributed by atoms with Crippen LogP contribution in [0, 0.1) is 0 Å². The largest absolute Gasteiger partial charge is 0.394 e. The minimum atomic E-state index is -0.718. The van der Waals surface area contributed by atoms with E-state index < -0.39 is 12.3 Å². The molecule has 4 atom stereocenters. The number of hydrogen-bond donors (Lipinski definition) is 2. The normalized spacial score (nSPS) is 30.1. The number of fused-ring (bicyclic) bond motifs is 1. The SMILES string of the molecule is CCS[C@H]1[C@@H](O)[C@@H](n2cnc3cncnc32)O[C@@H]1CO. The van der Waals surface area contributed by atoms with E-state index in [0.29, 0.717) is 11.2 Å². The Hall–Kier alpha value is -1.22. The summed E-state index contributed by atoms with van der Waals surface area (Å²) in [5.74, 6) is 0.848. The fourth-order valence-electron chi connectivity index (χ4n) is 2.47. The Morgan fingerprint density at radius 1 is 1.45 bits per heavy atom. The molecule has 20 heavy (non-hydrogen) atoms. The highest BCUT2D eigenvalue weighted by molar-refractivity contribution is 8.00. The van der Waals surface area contributed by atoms with Crippen molar-refractivity contribution in [1.82, 2.24) is 19.5 Å². The smallest absolute Gasteiger partial charge is 0.165 e. The highest BCUT2D eigenvalue weighted by Gasteiger charge is 2.44. The molecule has 0 aliphatic carbocycles. The summed E-state index contributed by atoms with van der Waals surface area (Å²) >= 11 is 1.58. The summed E-state index contributed by atoms with van der Waals surface area (Å²) in [4.78, 5) is 12.3. The first-order valence-electron chi connectivity index (χ1n) is 6.44. The molecule has 8 heteroatoms. The molecule has 0 radical (unpaired) electrons. The number of aliphatic hydroxyl groups excluding tert-OH is 2. The maximum Gasteiger partial charge on any atom is 0.165 e. The Bertz CT molecular complexity index is 593. The van der Waals surface area contributed by atoms with Gasteiger partial charge in [0.1, 0.15) is 17.9 Å². The zero-order valence-corrected chi connectivity index (χ0v) is 11.8. The maximum absolute atomic E-state index is 10.5. The van der Waals surface area contributed by atoms with Gasteiger partial charge in [-0.3, -0.25) is 4.57 Å². The summed E-state index contributed by atoms with van der Waals surface area (Å²) in [5, 5.41) is 19.7. The third kappa shape index (κ3) is 2.18. The lowest BCUT2D eigenvalue weighted by molar-refractivity contribution is -0.0486. The average molecular weight is 296 g/mol. The Morgan fingerprint density at radius 3 is 3.05 bits per heavy atom. The second-order valence-electron chi connectivity index (χ2n) is 4.54. The summed E-state index contributed by atoms with van der Waals surface area (Å²) in [6.07, 6.45) is 2.94. The van der Waals surface area contributed by atoms with Crippen LogP contribution in [0.5, 0.6) is 0 Å². The van der Waals surface area contributed by atoms with E-state index in [4.69, 9.17) is 4.74 Å². The van der Waals surface area contributed by atoms with Crippen LogP contribution in [0.25, 0.3) is 11.2 Å². The van der Waals surface area contributed by atoms with E-state index in [2.05, 4.69) is 15.0 Å². The molecule has 108 valence electrons. The number of aromatic nitrogens is 4. The van der Waals surface area contributed by atoms with Crippen molar-refractivity contribution in [3.8, 4) is 0 Å². The van der Waals surface area contributed by atoms with Crippen LogP contribution in [0.1, 0.15) is 13.2 Å². The molecule has 2 N–H and O–H groups in total. The van der Waals surface area contributed by atoms with Crippen molar-refractivity contribution in [2.75, 3.05) is 12.4 Å². The van der Waals surface area contributed by atoms with Crippen molar-refractivity contribution >= 4 is 22.9 Å². The van der Waals surface area contributed by atoms with Gasteiger partial charge in [-0.1, -0.05) is 6.92 Å². The lowest BCUT2D eigenvalue weighted by Crippen LogP contribution is -2.31. The zero-order chi connectivity index (χ0) is 14.1. The monoisotopic (exact) mass is 296 g/mol. The lowest BCUT2D eigenvalue weighted by Gasteiger charge is -2.18. The Kier molecular flexibility index (Phi) is 3.88. The van der Waals surface area contributed by atoms with Crippen LogP contribution in [-0.2, 0) is 4.74 Å². The van der Waals surface area contributed by atoms with Crippen molar-refractivity contribution < 1.29 is 14.9 Å². The molecule has 0 amide bonds. The van der Waals surface area contributed by atoms with E-state index in [1.54, 1.807) is 28.9 Å². The minimum Gasteiger partial charge on any atom is -0.394 e. The Balaban J connectivity index is 1.94. The molecule has 2 aromatic rings. The molecule has 2 aromatic heterocycles. The minimum absolute atomic E-state index is 0.118. The summed E-state index contributed by atoms with van der Waals surface area (Å²) in [5.41, 5.74) is 1.26. The van der Waals surface area contributed by atoms with E-state index in [9.17, 15) is 10.2 Å². The first-order chi connectivity index (χ1) is 9.76. The highest BCUT2D eigenvalue weighted by atomic mass is 32.2. The van der Waals surface area contributed by atoms with Crippen LogP contribution in [0.2, 0.25) is 0 Å². The molecule has 3 rings (SSSR count). The van der Waals surface area contributed by atoms with Crippen LogP contribution in [0.15, 0.2) is 18.9 Å².